The molecule has 1 fully saturated rings. The average molecular weight is 277 g/mol. The molecule has 1 atom stereocenters. The third-order valence-corrected chi connectivity index (χ3v) is 4.53. The molecule has 0 radical (unpaired) electrons. The van der Waals surface area contributed by atoms with Gasteiger partial charge in [0.25, 0.3) is 0 Å². The molecular weight excluding hydrogens is 260 g/mol. The van der Waals surface area contributed by atoms with Crippen molar-refractivity contribution in [3.05, 3.63) is 23.1 Å². The van der Waals surface area contributed by atoms with Crippen LogP contribution in [0.2, 0.25) is 0 Å². The number of hydrogen-bond acceptors (Lipinski definition) is 4. The standard InChI is InChI=1S/C17H17N4/c1-12(14-3-4-14)6-13-2-5-15(7-13)17(10-20,11-21)16(8-18)9-19/h7,14-15,18H,2-6H2,1H3/q+1. The second-order valence-electron chi connectivity index (χ2n) is 5.91. The van der Waals surface area contributed by atoms with Crippen molar-refractivity contribution < 1.29 is 0 Å². The average Bonchev–Trinajstić information content (AvgIpc) is 3.26. The molecule has 1 N–H and O–H groups in total. The highest BCUT2D eigenvalue weighted by molar-refractivity contribution is 5.67. The molecule has 0 aromatic carbocycles. The Morgan fingerprint density at radius 2 is 2.00 bits per heavy atom. The lowest BCUT2D eigenvalue weighted by atomic mass is 9.72. The number of nitrogens with zero attached hydrogens (tertiary/aromatic N) is 3. The highest BCUT2D eigenvalue weighted by Crippen LogP contribution is 2.46. The van der Waals surface area contributed by atoms with Crippen LogP contribution in [0.1, 0.15) is 39.0 Å². The molecule has 0 saturated heterocycles. The maximum atomic E-state index is 9.43. The number of nitriles is 3. The second kappa shape index (κ2) is 5.88. The first kappa shape index (κ1) is 14.9. The van der Waals surface area contributed by atoms with Gasteiger partial charge in [0.05, 0.1) is 25.0 Å². The van der Waals surface area contributed by atoms with Crippen molar-refractivity contribution in [1.29, 1.82) is 21.2 Å². The molecular formula is C17H17N4+. The van der Waals surface area contributed by atoms with Crippen LogP contribution in [0.25, 0.3) is 0 Å². The van der Waals surface area contributed by atoms with Gasteiger partial charge in [0, 0.05) is 5.92 Å². The lowest BCUT2D eigenvalue weighted by Gasteiger charge is -2.21. The largest absolute Gasteiger partial charge is 0.258 e. The van der Waals surface area contributed by atoms with Crippen molar-refractivity contribution >= 4 is 5.87 Å². The molecule has 0 aromatic heterocycles. The molecule has 0 amide bonds. The Balaban J connectivity index is 2.22. The van der Waals surface area contributed by atoms with Crippen molar-refractivity contribution in [2.45, 2.75) is 39.0 Å². The third-order valence-electron chi connectivity index (χ3n) is 4.53. The van der Waals surface area contributed by atoms with Gasteiger partial charge in [-0.05, 0) is 37.1 Å². The Hall–Kier alpha value is -2.47. The fraction of sp³-hybridized carbons (Fsp3) is 0.529. The summed E-state index contributed by atoms with van der Waals surface area (Å²) in [6, 6.07) is 5.72. The van der Waals surface area contributed by atoms with Gasteiger partial charge in [-0.15, -0.1) is 0 Å². The van der Waals surface area contributed by atoms with Crippen molar-refractivity contribution in [3.8, 4) is 18.2 Å². The van der Waals surface area contributed by atoms with Gasteiger partial charge in [-0.2, -0.15) is 15.8 Å². The molecule has 21 heavy (non-hydrogen) atoms. The zero-order valence-electron chi connectivity index (χ0n) is 12.1. The highest BCUT2D eigenvalue weighted by atomic mass is 14.5. The van der Waals surface area contributed by atoms with E-state index in [0.29, 0.717) is 6.42 Å². The second-order valence-corrected chi connectivity index (χ2v) is 5.91. The predicted molar refractivity (Wildman–Crippen MR) is 77.6 cm³/mol. The van der Waals surface area contributed by atoms with Gasteiger partial charge in [-0.1, -0.05) is 6.08 Å². The smallest absolute Gasteiger partial charge is 0.193 e. The number of allylic oxidation sites excluding steroid dienone is 3. The van der Waals surface area contributed by atoms with E-state index in [9.17, 15) is 10.5 Å². The quantitative estimate of drug-likeness (QED) is 0.361. The summed E-state index contributed by atoms with van der Waals surface area (Å²) in [4.78, 5) is 0. The minimum atomic E-state index is -1.56. The fourth-order valence-corrected chi connectivity index (χ4v) is 3.06. The molecule has 2 aliphatic carbocycles. The normalized spacial score (nSPS) is 20.5. The topological polar surface area (TPSA) is 95.2 Å². The number of nitrogens with one attached hydrogen (secondary N) is 1. The van der Waals surface area contributed by atoms with Crippen molar-refractivity contribution in [1.82, 2.24) is 0 Å². The number of hydrogen-bond donors (Lipinski definition) is 1. The van der Waals surface area contributed by atoms with E-state index >= 15 is 0 Å². The van der Waals surface area contributed by atoms with Crippen LogP contribution in [0.15, 0.2) is 17.2 Å². The molecule has 0 spiro atoms. The summed E-state index contributed by atoms with van der Waals surface area (Å²) in [7, 11) is 0. The molecule has 4 nitrogen and oxygen atoms in total. The van der Waals surface area contributed by atoms with E-state index < -0.39 is 5.41 Å². The first-order chi connectivity index (χ1) is 10.1. The van der Waals surface area contributed by atoms with Gasteiger partial charge in [-0.25, -0.2) is 0 Å². The molecule has 0 heterocycles. The Morgan fingerprint density at radius 3 is 2.48 bits per heavy atom. The van der Waals surface area contributed by atoms with E-state index in [-0.39, 0.29) is 11.5 Å². The van der Waals surface area contributed by atoms with E-state index in [1.54, 1.807) is 6.07 Å². The molecule has 2 rings (SSSR count). The van der Waals surface area contributed by atoms with Gasteiger partial charge in [0.1, 0.15) is 24.0 Å². The Morgan fingerprint density at radius 1 is 1.33 bits per heavy atom. The van der Waals surface area contributed by atoms with Gasteiger partial charge in [0.2, 0.25) is 0 Å². The predicted octanol–water partition coefficient (Wildman–Crippen LogP) is 3.45. The number of rotatable bonds is 5. The van der Waals surface area contributed by atoms with Crippen LogP contribution >= 0.6 is 0 Å². The van der Waals surface area contributed by atoms with E-state index in [1.807, 2.05) is 24.1 Å². The SMILES string of the molecule is C[C+](CC1=CC(C(C#N)(C#N)C(=C=N)C#N)CC1)C1CC1. The maximum absolute atomic E-state index is 9.43. The van der Waals surface area contributed by atoms with E-state index in [2.05, 4.69) is 6.92 Å². The minimum absolute atomic E-state index is 0.183. The monoisotopic (exact) mass is 277 g/mol. The highest BCUT2D eigenvalue weighted by Gasteiger charge is 2.46. The third kappa shape index (κ3) is 2.71. The molecule has 4 heteroatoms. The van der Waals surface area contributed by atoms with Gasteiger partial charge in [-0.3, -0.25) is 5.41 Å². The summed E-state index contributed by atoms with van der Waals surface area (Å²) in [5, 5.41) is 35.1. The summed E-state index contributed by atoms with van der Waals surface area (Å²) in [5.74, 6) is 3.89. The van der Waals surface area contributed by atoms with Gasteiger partial charge < -0.3 is 0 Å². The molecule has 0 bridgehead atoms. The summed E-state index contributed by atoms with van der Waals surface area (Å²) < 4.78 is 0. The van der Waals surface area contributed by atoms with E-state index in [0.717, 1.165) is 18.8 Å². The fourth-order valence-electron chi connectivity index (χ4n) is 3.06. The van der Waals surface area contributed by atoms with Crippen LogP contribution in [-0.2, 0) is 0 Å². The van der Waals surface area contributed by atoms with Crippen LogP contribution in [0, 0.1) is 62.6 Å². The molecule has 0 aliphatic heterocycles. The van der Waals surface area contributed by atoms with Crippen LogP contribution in [0.5, 0.6) is 0 Å². The Bertz CT molecular complexity index is 613. The zero-order chi connectivity index (χ0) is 15.5. The molecule has 1 saturated carbocycles. The van der Waals surface area contributed by atoms with Crippen LogP contribution in [0.3, 0.4) is 0 Å². The first-order valence-corrected chi connectivity index (χ1v) is 7.16. The van der Waals surface area contributed by atoms with Crippen LogP contribution in [-0.4, -0.2) is 5.87 Å². The van der Waals surface area contributed by atoms with E-state index in [1.165, 1.54) is 24.3 Å². The van der Waals surface area contributed by atoms with Gasteiger partial charge >= 0.3 is 0 Å². The molecule has 104 valence electrons. The van der Waals surface area contributed by atoms with Crippen molar-refractivity contribution in [2.75, 3.05) is 0 Å². The maximum Gasteiger partial charge on any atom is 0.193 e. The Labute approximate surface area is 125 Å². The summed E-state index contributed by atoms with van der Waals surface area (Å²) in [6.07, 6.45) is 7.01. The van der Waals surface area contributed by atoms with E-state index in [4.69, 9.17) is 10.7 Å². The lowest BCUT2D eigenvalue weighted by Crippen LogP contribution is -2.27. The summed E-state index contributed by atoms with van der Waals surface area (Å²) in [5.41, 5.74) is -0.495. The first-order valence-electron chi connectivity index (χ1n) is 7.16. The zero-order valence-corrected chi connectivity index (χ0v) is 12.1. The summed E-state index contributed by atoms with van der Waals surface area (Å²) in [6.45, 7) is 2.17. The molecule has 2 aliphatic rings. The summed E-state index contributed by atoms with van der Waals surface area (Å²) >= 11 is 0. The Kier molecular flexibility index (Phi) is 4.18. The van der Waals surface area contributed by atoms with Crippen LogP contribution in [0.4, 0.5) is 0 Å². The minimum Gasteiger partial charge on any atom is -0.258 e. The van der Waals surface area contributed by atoms with Crippen molar-refractivity contribution in [2.24, 2.45) is 17.3 Å². The van der Waals surface area contributed by atoms with Gasteiger partial charge in [0.15, 0.2) is 5.41 Å². The molecule has 0 aromatic rings. The van der Waals surface area contributed by atoms with Crippen LogP contribution < -0.4 is 0 Å². The van der Waals surface area contributed by atoms with Crippen molar-refractivity contribution in [3.63, 3.8) is 0 Å². The molecule has 1 unspecified atom stereocenters. The lowest BCUT2D eigenvalue weighted by molar-refractivity contribution is 0.447.